The molecule has 1 aromatic carbocycles. The van der Waals surface area contributed by atoms with Gasteiger partial charge in [0.1, 0.15) is 0 Å². The van der Waals surface area contributed by atoms with Crippen molar-refractivity contribution >= 4 is 0 Å². The van der Waals surface area contributed by atoms with Gasteiger partial charge in [-0.1, -0.05) is 13.8 Å². The molecule has 0 atom stereocenters. The van der Waals surface area contributed by atoms with Crippen LogP contribution < -0.4 is 0 Å². The second-order valence-electron chi connectivity index (χ2n) is 3.69. The zero-order chi connectivity index (χ0) is 17.2. The fourth-order valence-corrected chi connectivity index (χ4v) is 1.47. The monoisotopic (exact) mass is 326 g/mol. The number of hydrogen-bond acceptors (Lipinski definition) is 0. The second-order valence-corrected chi connectivity index (χ2v) is 3.69. The lowest BCUT2D eigenvalue weighted by molar-refractivity contribution is -0.149. The molecule has 1 aromatic rings. The van der Waals surface area contributed by atoms with Crippen molar-refractivity contribution in [3.8, 4) is 0 Å². The van der Waals surface area contributed by atoms with Gasteiger partial charge >= 0.3 is 18.5 Å². The van der Waals surface area contributed by atoms with E-state index >= 15 is 0 Å². The van der Waals surface area contributed by atoms with Crippen LogP contribution in [0.15, 0.2) is 12.1 Å². The predicted octanol–water partition coefficient (Wildman–Crippen LogP) is 6.08. The SMILES string of the molecule is CC.Cc1c(C(F)(F)F)cc(C(F)(F)F)cc1C(F)(F)F. The van der Waals surface area contributed by atoms with E-state index in [-0.39, 0.29) is 12.1 Å². The summed E-state index contributed by atoms with van der Waals surface area (Å²) >= 11 is 0. The number of hydrogen-bond donors (Lipinski definition) is 0. The lowest BCUT2D eigenvalue weighted by Gasteiger charge is -2.19. The van der Waals surface area contributed by atoms with E-state index < -0.39 is 40.8 Å². The predicted molar refractivity (Wildman–Crippen MR) is 57.5 cm³/mol. The summed E-state index contributed by atoms with van der Waals surface area (Å²) in [7, 11) is 0. The van der Waals surface area contributed by atoms with Crippen LogP contribution in [0.2, 0.25) is 0 Å². The number of rotatable bonds is 0. The van der Waals surface area contributed by atoms with Gasteiger partial charge in [0, 0.05) is 0 Å². The van der Waals surface area contributed by atoms with Gasteiger partial charge in [0.25, 0.3) is 0 Å². The third-order valence-electron chi connectivity index (χ3n) is 2.35. The Morgan fingerprint density at radius 1 is 0.619 bits per heavy atom. The average molecular weight is 326 g/mol. The van der Waals surface area contributed by atoms with Gasteiger partial charge in [0.2, 0.25) is 0 Å². The quantitative estimate of drug-likeness (QED) is 0.507. The maximum Gasteiger partial charge on any atom is 0.416 e. The highest BCUT2D eigenvalue weighted by Crippen LogP contribution is 2.42. The van der Waals surface area contributed by atoms with Crippen molar-refractivity contribution in [1.29, 1.82) is 0 Å². The van der Waals surface area contributed by atoms with Crippen molar-refractivity contribution < 1.29 is 39.5 Å². The van der Waals surface area contributed by atoms with Crippen LogP contribution in [0.25, 0.3) is 0 Å². The summed E-state index contributed by atoms with van der Waals surface area (Å²) in [4.78, 5) is 0. The Balaban J connectivity index is 0.00000191. The minimum absolute atomic E-state index is 0.329. The van der Waals surface area contributed by atoms with Crippen molar-refractivity contribution in [1.82, 2.24) is 0 Å². The molecule has 122 valence electrons. The highest BCUT2D eigenvalue weighted by Gasteiger charge is 2.43. The molecular weight excluding hydrogens is 315 g/mol. The van der Waals surface area contributed by atoms with Gasteiger partial charge in [-0.3, -0.25) is 0 Å². The molecule has 0 nitrogen and oxygen atoms in total. The van der Waals surface area contributed by atoms with Gasteiger partial charge < -0.3 is 0 Å². The minimum atomic E-state index is -5.30. The minimum Gasteiger partial charge on any atom is -0.166 e. The fraction of sp³-hybridized carbons (Fsp3) is 0.500. The number of benzene rings is 1. The Hall–Kier alpha value is -1.41. The van der Waals surface area contributed by atoms with Gasteiger partial charge in [-0.25, -0.2) is 0 Å². The molecule has 0 bridgehead atoms. The van der Waals surface area contributed by atoms with E-state index in [1.54, 1.807) is 0 Å². The molecule has 0 amide bonds. The Bertz CT molecular complexity index is 442. The normalized spacial score (nSPS) is 12.8. The molecule has 0 aliphatic heterocycles. The largest absolute Gasteiger partial charge is 0.416 e. The van der Waals surface area contributed by atoms with Crippen LogP contribution in [0.3, 0.4) is 0 Å². The van der Waals surface area contributed by atoms with Crippen LogP contribution in [-0.2, 0) is 18.5 Å². The lowest BCUT2D eigenvalue weighted by Crippen LogP contribution is -2.18. The first-order valence-corrected chi connectivity index (χ1v) is 5.61. The standard InChI is InChI=1S/C10H5F9.C2H6/c1-4-6(9(14,15)16)2-5(8(11,12)13)3-7(4)10(17,18)19;1-2/h2-3H,1H3;1-2H3. The van der Waals surface area contributed by atoms with Crippen molar-refractivity contribution in [3.05, 3.63) is 34.4 Å². The third kappa shape index (κ3) is 4.82. The smallest absolute Gasteiger partial charge is 0.166 e. The van der Waals surface area contributed by atoms with Gasteiger partial charge in [0.15, 0.2) is 0 Å². The summed E-state index contributed by atoms with van der Waals surface area (Å²) in [6.45, 7) is 4.48. The van der Waals surface area contributed by atoms with Crippen LogP contribution in [0.1, 0.15) is 36.1 Å². The molecule has 1 rings (SSSR count). The van der Waals surface area contributed by atoms with Crippen LogP contribution in [0, 0.1) is 6.92 Å². The van der Waals surface area contributed by atoms with Gasteiger partial charge in [-0.05, 0) is 24.6 Å². The molecule has 0 aliphatic carbocycles. The molecule has 0 fully saturated rings. The molecular formula is C12H11F9. The Morgan fingerprint density at radius 2 is 0.905 bits per heavy atom. The molecule has 21 heavy (non-hydrogen) atoms. The first kappa shape index (κ1) is 19.6. The van der Waals surface area contributed by atoms with Gasteiger partial charge in [0.05, 0.1) is 16.7 Å². The highest BCUT2D eigenvalue weighted by atomic mass is 19.4. The molecule has 0 N–H and O–H groups in total. The molecule has 0 radical (unpaired) electrons. The van der Waals surface area contributed by atoms with Crippen molar-refractivity contribution in [2.75, 3.05) is 0 Å². The van der Waals surface area contributed by atoms with Crippen molar-refractivity contribution in [3.63, 3.8) is 0 Å². The summed E-state index contributed by atoms with van der Waals surface area (Å²) in [5.74, 6) is 0. The van der Waals surface area contributed by atoms with E-state index in [1.165, 1.54) is 0 Å². The molecule has 0 spiro atoms. The summed E-state index contributed by atoms with van der Waals surface area (Å²) < 4.78 is 112. The van der Waals surface area contributed by atoms with Crippen LogP contribution >= 0.6 is 0 Å². The first-order valence-electron chi connectivity index (χ1n) is 5.61. The van der Waals surface area contributed by atoms with E-state index in [9.17, 15) is 39.5 Å². The molecule has 0 saturated heterocycles. The number of halogens is 9. The average Bonchev–Trinajstić information content (AvgIpc) is 2.27. The summed E-state index contributed by atoms with van der Waals surface area (Å²) in [5.41, 5.74) is -7.17. The van der Waals surface area contributed by atoms with Gasteiger partial charge in [-0.2, -0.15) is 39.5 Å². The summed E-state index contributed by atoms with van der Waals surface area (Å²) in [6, 6.07) is -0.658. The van der Waals surface area contributed by atoms with Crippen molar-refractivity contribution in [2.45, 2.75) is 39.3 Å². The van der Waals surface area contributed by atoms with Gasteiger partial charge in [-0.15, -0.1) is 0 Å². The third-order valence-corrected chi connectivity index (χ3v) is 2.35. The van der Waals surface area contributed by atoms with E-state index in [0.29, 0.717) is 6.92 Å². The maximum atomic E-state index is 12.5. The fourth-order valence-electron chi connectivity index (χ4n) is 1.47. The van der Waals surface area contributed by atoms with E-state index in [1.807, 2.05) is 13.8 Å². The second kappa shape index (κ2) is 6.15. The molecule has 9 heteroatoms. The van der Waals surface area contributed by atoms with Crippen LogP contribution in [-0.4, -0.2) is 0 Å². The molecule has 0 heterocycles. The van der Waals surface area contributed by atoms with Crippen LogP contribution in [0.5, 0.6) is 0 Å². The Labute approximate surface area is 114 Å². The topological polar surface area (TPSA) is 0 Å². The van der Waals surface area contributed by atoms with E-state index in [4.69, 9.17) is 0 Å². The number of alkyl halides is 9. The maximum absolute atomic E-state index is 12.5. The molecule has 0 unspecified atom stereocenters. The van der Waals surface area contributed by atoms with E-state index in [2.05, 4.69) is 0 Å². The lowest BCUT2D eigenvalue weighted by atomic mass is 9.97. The molecule has 0 aliphatic rings. The first-order chi connectivity index (χ1) is 9.24. The zero-order valence-corrected chi connectivity index (χ0v) is 11.1. The Morgan fingerprint density at radius 3 is 1.10 bits per heavy atom. The van der Waals surface area contributed by atoms with Crippen LogP contribution in [0.4, 0.5) is 39.5 Å². The Kier molecular flexibility index (Phi) is 5.73. The summed E-state index contributed by atoms with van der Waals surface area (Å²) in [6.07, 6.45) is -15.9. The molecule has 0 aromatic heterocycles. The summed E-state index contributed by atoms with van der Waals surface area (Å²) in [5, 5.41) is 0. The van der Waals surface area contributed by atoms with E-state index in [0.717, 1.165) is 0 Å². The molecule has 0 saturated carbocycles. The van der Waals surface area contributed by atoms with Crippen molar-refractivity contribution in [2.24, 2.45) is 0 Å². The highest BCUT2D eigenvalue weighted by molar-refractivity contribution is 5.42. The zero-order valence-electron chi connectivity index (χ0n) is 11.1.